The zero-order valence-electron chi connectivity index (χ0n) is 9.16. The third-order valence-electron chi connectivity index (χ3n) is 2.24. The molecular weight excluding hydrogens is 188 g/mol. The van der Waals surface area contributed by atoms with Crippen LogP contribution in [0.15, 0.2) is 24.3 Å². The molecule has 15 heavy (non-hydrogen) atoms. The molecule has 1 aromatic carbocycles. The van der Waals surface area contributed by atoms with Crippen molar-refractivity contribution in [3.05, 3.63) is 46.0 Å². The Balaban J connectivity index is 3.34. The average Bonchev–Trinajstić information content (AvgIpc) is 2.15. The standard InChI is InChI=1S/C12H13N2O/c1-7(2)12(15)10-5-8(3)11(14-13)9(4)6-10/h5-6H,1H2,2-4H3/q+1. The predicted octanol–water partition coefficient (Wildman–Crippen LogP) is 3.55. The Labute approximate surface area is 89.1 Å². The highest BCUT2D eigenvalue weighted by atomic mass is 16.1. The van der Waals surface area contributed by atoms with Gasteiger partial charge in [-0.05, 0) is 38.5 Å². The van der Waals surface area contributed by atoms with Crippen LogP contribution >= 0.6 is 0 Å². The Morgan fingerprint density at radius 2 is 1.80 bits per heavy atom. The first-order valence-corrected chi connectivity index (χ1v) is 4.64. The summed E-state index contributed by atoms with van der Waals surface area (Å²) in [5.41, 5.74) is 3.17. The minimum Gasteiger partial charge on any atom is -0.289 e. The first-order chi connectivity index (χ1) is 6.97. The maximum Gasteiger partial charge on any atom is 0.390 e. The molecule has 0 bridgehead atoms. The number of benzene rings is 1. The van der Waals surface area contributed by atoms with Crippen LogP contribution in [-0.4, -0.2) is 5.78 Å². The van der Waals surface area contributed by atoms with Crippen molar-refractivity contribution in [2.45, 2.75) is 20.8 Å². The van der Waals surface area contributed by atoms with Crippen LogP contribution in [0.25, 0.3) is 4.98 Å². The van der Waals surface area contributed by atoms with Gasteiger partial charge in [0, 0.05) is 16.7 Å². The van der Waals surface area contributed by atoms with E-state index in [2.05, 4.69) is 11.6 Å². The van der Waals surface area contributed by atoms with Crippen molar-refractivity contribution < 1.29 is 4.79 Å². The van der Waals surface area contributed by atoms with E-state index in [1.165, 1.54) is 0 Å². The molecule has 3 nitrogen and oxygen atoms in total. The van der Waals surface area contributed by atoms with E-state index < -0.39 is 0 Å². The first kappa shape index (κ1) is 11.1. The minimum absolute atomic E-state index is 0.0781. The molecule has 0 aliphatic heterocycles. The molecule has 0 fully saturated rings. The van der Waals surface area contributed by atoms with Crippen molar-refractivity contribution in [2.75, 3.05) is 0 Å². The van der Waals surface area contributed by atoms with E-state index >= 15 is 0 Å². The Hall–Kier alpha value is -1.95. The Morgan fingerprint density at radius 3 is 2.13 bits per heavy atom. The van der Waals surface area contributed by atoms with Gasteiger partial charge in [-0.2, -0.15) is 0 Å². The number of Topliss-reactive ketones (excluding diaryl/α,β-unsaturated/α-hetero) is 1. The quantitative estimate of drug-likeness (QED) is 0.417. The third-order valence-corrected chi connectivity index (χ3v) is 2.24. The number of allylic oxidation sites excluding steroid dienone is 1. The van der Waals surface area contributed by atoms with Crippen LogP contribution in [0.2, 0.25) is 0 Å². The van der Waals surface area contributed by atoms with Crippen LogP contribution < -0.4 is 0 Å². The highest BCUT2D eigenvalue weighted by molar-refractivity contribution is 6.08. The molecule has 0 amide bonds. The fourth-order valence-electron chi connectivity index (χ4n) is 1.49. The number of aryl methyl sites for hydroxylation is 2. The van der Waals surface area contributed by atoms with E-state index in [4.69, 9.17) is 5.39 Å². The van der Waals surface area contributed by atoms with Crippen molar-refractivity contribution in [1.82, 2.24) is 0 Å². The van der Waals surface area contributed by atoms with Crippen LogP contribution in [0.3, 0.4) is 0 Å². The average molecular weight is 201 g/mol. The SMILES string of the molecule is C=C(C)C(=O)c1cc(C)c([N+]#N)c(C)c1. The van der Waals surface area contributed by atoms with Gasteiger partial charge in [0.1, 0.15) is 0 Å². The number of hydrogen-bond donors (Lipinski definition) is 0. The molecule has 0 saturated heterocycles. The van der Waals surface area contributed by atoms with Gasteiger partial charge in [0.25, 0.3) is 0 Å². The Bertz CT molecular complexity index is 458. The number of hydrogen-bond acceptors (Lipinski definition) is 2. The van der Waals surface area contributed by atoms with Crippen molar-refractivity contribution in [3.8, 4) is 0 Å². The van der Waals surface area contributed by atoms with Gasteiger partial charge in [0.15, 0.2) is 10.8 Å². The van der Waals surface area contributed by atoms with Gasteiger partial charge in [-0.1, -0.05) is 6.58 Å². The van der Waals surface area contributed by atoms with Crippen LogP contribution in [0, 0.1) is 19.2 Å². The highest BCUT2D eigenvalue weighted by Gasteiger charge is 2.18. The lowest BCUT2D eigenvalue weighted by atomic mass is 9.99. The molecule has 0 unspecified atom stereocenters. The summed E-state index contributed by atoms with van der Waals surface area (Å²) in [5.74, 6) is -0.0781. The third kappa shape index (κ3) is 2.10. The summed E-state index contributed by atoms with van der Waals surface area (Å²) in [5, 5.41) is 8.76. The molecule has 1 aromatic rings. The lowest BCUT2D eigenvalue weighted by Crippen LogP contribution is -2.00. The van der Waals surface area contributed by atoms with Crippen LogP contribution in [-0.2, 0) is 0 Å². The summed E-state index contributed by atoms with van der Waals surface area (Å²) in [6.07, 6.45) is 0. The second kappa shape index (κ2) is 4.05. The van der Waals surface area contributed by atoms with Gasteiger partial charge < -0.3 is 0 Å². The molecule has 0 atom stereocenters. The molecule has 0 aromatic heterocycles. The van der Waals surface area contributed by atoms with E-state index in [1.807, 2.05) is 0 Å². The molecule has 0 aliphatic rings. The van der Waals surface area contributed by atoms with Crippen molar-refractivity contribution in [1.29, 1.82) is 5.39 Å². The fraction of sp³-hybridized carbons (Fsp3) is 0.250. The number of diazo groups is 1. The van der Waals surface area contributed by atoms with Crippen LogP contribution in [0.4, 0.5) is 5.69 Å². The van der Waals surface area contributed by atoms with E-state index in [9.17, 15) is 4.79 Å². The summed E-state index contributed by atoms with van der Waals surface area (Å²) < 4.78 is 0. The number of rotatable bonds is 2. The Morgan fingerprint density at radius 1 is 1.33 bits per heavy atom. The normalized spacial score (nSPS) is 9.47. The molecule has 0 radical (unpaired) electrons. The van der Waals surface area contributed by atoms with Gasteiger partial charge >= 0.3 is 5.69 Å². The van der Waals surface area contributed by atoms with Crippen molar-refractivity contribution in [3.63, 3.8) is 0 Å². The largest absolute Gasteiger partial charge is 0.390 e. The molecule has 0 spiro atoms. The van der Waals surface area contributed by atoms with Gasteiger partial charge in [-0.25, -0.2) is 0 Å². The number of carbonyl (C=O) groups excluding carboxylic acids is 1. The smallest absolute Gasteiger partial charge is 0.289 e. The Kier molecular flexibility index (Phi) is 3.01. The molecule has 3 heteroatoms. The minimum atomic E-state index is -0.0781. The maximum absolute atomic E-state index is 11.7. The summed E-state index contributed by atoms with van der Waals surface area (Å²) in [6, 6.07) is 3.41. The predicted molar refractivity (Wildman–Crippen MR) is 59.8 cm³/mol. The molecule has 0 aliphatic carbocycles. The highest BCUT2D eigenvalue weighted by Crippen LogP contribution is 2.25. The monoisotopic (exact) mass is 201 g/mol. The summed E-state index contributed by atoms with van der Waals surface area (Å²) in [6.45, 7) is 8.89. The lowest BCUT2D eigenvalue weighted by molar-refractivity contribution is 0.103. The summed E-state index contributed by atoms with van der Waals surface area (Å²) >= 11 is 0. The second-order valence-corrected chi connectivity index (χ2v) is 3.67. The van der Waals surface area contributed by atoms with Gasteiger partial charge in [0.05, 0.1) is 0 Å². The maximum atomic E-state index is 11.7. The van der Waals surface area contributed by atoms with Crippen molar-refractivity contribution >= 4 is 11.5 Å². The van der Waals surface area contributed by atoms with Gasteiger partial charge in [0.2, 0.25) is 5.39 Å². The van der Waals surface area contributed by atoms with Crippen LogP contribution in [0.1, 0.15) is 28.4 Å². The number of nitrogens with zero attached hydrogens (tertiary/aromatic N) is 2. The molecule has 0 saturated carbocycles. The summed E-state index contributed by atoms with van der Waals surface area (Å²) in [7, 11) is 0. The molecule has 0 N–H and O–H groups in total. The molecule has 1 rings (SSSR count). The zero-order chi connectivity index (χ0) is 11.6. The molecular formula is C12H13N2O+. The van der Waals surface area contributed by atoms with Crippen LogP contribution in [0.5, 0.6) is 0 Å². The number of ketones is 1. The lowest BCUT2D eigenvalue weighted by Gasteiger charge is -2.01. The number of carbonyl (C=O) groups is 1. The topological polar surface area (TPSA) is 45.2 Å². The fourth-order valence-corrected chi connectivity index (χ4v) is 1.49. The molecule has 0 heterocycles. The van der Waals surface area contributed by atoms with E-state index in [1.54, 1.807) is 32.9 Å². The van der Waals surface area contributed by atoms with E-state index in [0.717, 1.165) is 11.1 Å². The van der Waals surface area contributed by atoms with Gasteiger partial charge in [-0.15, -0.1) is 0 Å². The summed E-state index contributed by atoms with van der Waals surface area (Å²) in [4.78, 5) is 14.8. The van der Waals surface area contributed by atoms with Crippen molar-refractivity contribution in [2.24, 2.45) is 0 Å². The second-order valence-electron chi connectivity index (χ2n) is 3.67. The zero-order valence-corrected chi connectivity index (χ0v) is 9.16. The van der Waals surface area contributed by atoms with Gasteiger partial charge in [-0.3, -0.25) is 4.79 Å². The first-order valence-electron chi connectivity index (χ1n) is 4.64. The van der Waals surface area contributed by atoms with E-state index in [-0.39, 0.29) is 5.78 Å². The molecule has 76 valence electrons. The van der Waals surface area contributed by atoms with E-state index in [0.29, 0.717) is 16.8 Å².